The van der Waals surface area contributed by atoms with Crippen LogP contribution < -0.4 is 10.6 Å². The number of benzene rings is 1. The van der Waals surface area contributed by atoms with Gasteiger partial charge in [-0.1, -0.05) is 30.7 Å². The normalized spacial score (nSPS) is 24.3. The first-order valence-corrected chi connectivity index (χ1v) is 9.92. The van der Waals surface area contributed by atoms with Crippen molar-refractivity contribution in [3.05, 3.63) is 56.9 Å². The number of rotatable bonds is 2. The fraction of sp³-hybridized carbons (Fsp3) is 0.300. The monoisotopic (exact) mass is 402 g/mol. The predicted molar refractivity (Wildman–Crippen MR) is 107 cm³/mol. The number of esters is 1. The van der Waals surface area contributed by atoms with Crippen molar-refractivity contribution in [3.63, 3.8) is 0 Å². The minimum Gasteiger partial charge on any atom is -0.468 e. The van der Waals surface area contributed by atoms with Gasteiger partial charge in [-0.25, -0.2) is 0 Å². The Labute approximate surface area is 166 Å². The first kappa shape index (κ1) is 18.1. The van der Waals surface area contributed by atoms with Crippen molar-refractivity contribution in [1.82, 2.24) is 0 Å². The molecule has 1 aliphatic heterocycles. The van der Waals surface area contributed by atoms with Gasteiger partial charge in [-0.3, -0.25) is 9.59 Å². The lowest BCUT2D eigenvalue weighted by Crippen LogP contribution is -2.39. The lowest BCUT2D eigenvalue weighted by atomic mass is 9.75. The van der Waals surface area contributed by atoms with Gasteiger partial charge in [-0.05, 0) is 36.6 Å². The van der Waals surface area contributed by atoms with Crippen molar-refractivity contribution in [2.24, 2.45) is 11.8 Å². The zero-order chi connectivity index (χ0) is 19.1. The largest absolute Gasteiger partial charge is 0.468 e. The van der Waals surface area contributed by atoms with Crippen LogP contribution in [0, 0.1) is 11.8 Å². The lowest BCUT2D eigenvalue weighted by Gasteiger charge is -2.32. The van der Waals surface area contributed by atoms with Gasteiger partial charge in [-0.2, -0.15) is 0 Å². The third-order valence-corrected chi connectivity index (χ3v) is 6.40. The first-order valence-electron chi connectivity index (χ1n) is 8.72. The Bertz CT molecular complexity index is 952. The summed E-state index contributed by atoms with van der Waals surface area (Å²) in [5.41, 5.74) is 3.24. The number of hydrogen-bond donors (Lipinski definition) is 2. The smallest absolute Gasteiger partial charge is 0.316 e. The van der Waals surface area contributed by atoms with Crippen LogP contribution in [0.3, 0.4) is 0 Å². The summed E-state index contributed by atoms with van der Waals surface area (Å²) in [7, 11) is 1.32. The van der Waals surface area contributed by atoms with Crippen LogP contribution in [0.5, 0.6) is 0 Å². The molecule has 2 heterocycles. The second-order valence-corrected chi connectivity index (χ2v) is 8.58. The molecule has 0 saturated carbocycles. The molecule has 2 aromatic rings. The summed E-state index contributed by atoms with van der Waals surface area (Å²) in [4.78, 5) is 26.6. The number of ether oxygens (including phenoxy) is 1. The van der Waals surface area contributed by atoms with Crippen molar-refractivity contribution >= 4 is 46.1 Å². The Hall–Kier alpha value is -2.31. The topological polar surface area (TPSA) is 67.4 Å². The molecule has 2 N–H and O–H groups in total. The quantitative estimate of drug-likeness (QED) is 0.566. The zero-order valence-electron chi connectivity index (χ0n) is 14.9. The third kappa shape index (κ3) is 3.13. The number of carbonyl (C=O) groups excluding carboxylic acids is 2. The van der Waals surface area contributed by atoms with E-state index in [1.807, 2.05) is 43.3 Å². The number of para-hydroxylation sites is 2. The van der Waals surface area contributed by atoms with Gasteiger partial charge < -0.3 is 15.4 Å². The molecule has 1 aliphatic carbocycles. The highest BCUT2D eigenvalue weighted by Gasteiger charge is 2.44. The molecule has 1 aromatic carbocycles. The molecule has 0 amide bonds. The summed E-state index contributed by atoms with van der Waals surface area (Å²) < 4.78 is 5.56. The van der Waals surface area contributed by atoms with E-state index in [4.69, 9.17) is 16.3 Å². The van der Waals surface area contributed by atoms with Crippen molar-refractivity contribution in [1.29, 1.82) is 0 Å². The molecule has 0 fully saturated rings. The molecule has 0 radical (unpaired) electrons. The minimum atomic E-state index is -0.795. The Balaban J connectivity index is 1.86. The summed E-state index contributed by atoms with van der Waals surface area (Å²) in [6.07, 6.45) is 0.590. The Kier molecular flexibility index (Phi) is 4.70. The molecule has 0 unspecified atom stereocenters. The predicted octanol–water partition coefficient (Wildman–Crippen LogP) is 4.63. The number of fused-ring (bicyclic) bond motifs is 1. The molecule has 0 saturated heterocycles. The van der Waals surface area contributed by atoms with Gasteiger partial charge in [0.25, 0.3) is 0 Å². The van der Waals surface area contributed by atoms with Gasteiger partial charge in [0.05, 0.1) is 28.9 Å². The van der Waals surface area contributed by atoms with E-state index in [9.17, 15) is 9.59 Å². The minimum absolute atomic E-state index is 0.144. The van der Waals surface area contributed by atoms with Gasteiger partial charge in [0.15, 0.2) is 5.78 Å². The average Bonchev–Trinajstić information content (AvgIpc) is 3.00. The van der Waals surface area contributed by atoms with Gasteiger partial charge in [0.1, 0.15) is 5.92 Å². The number of ketones is 1. The van der Waals surface area contributed by atoms with E-state index in [2.05, 4.69) is 10.6 Å². The van der Waals surface area contributed by atoms with Crippen LogP contribution >= 0.6 is 22.9 Å². The molecule has 140 valence electrons. The van der Waals surface area contributed by atoms with E-state index in [1.54, 1.807) is 0 Å². The fourth-order valence-corrected chi connectivity index (χ4v) is 4.95. The summed E-state index contributed by atoms with van der Waals surface area (Å²) in [6, 6.07) is 11.2. The maximum absolute atomic E-state index is 13.4. The van der Waals surface area contributed by atoms with E-state index in [0.29, 0.717) is 16.3 Å². The number of hydrogen-bond acceptors (Lipinski definition) is 6. The second kappa shape index (κ2) is 7.02. The summed E-state index contributed by atoms with van der Waals surface area (Å²) in [6.45, 7) is 1.91. The molecular formula is C20H19ClN2O3S. The lowest BCUT2D eigenvalue weighted by molar-refractivity contribution is -0.151. The molecule has 0 bridgehead atoms. The molecule has 3 atom stereocenters. The summed E-state index contributed by atoms with van der Waals surface area (Å²) in [5.74, 6) is -1.62. The highest BCUT2D eigenvalue weighted by atomic mass is 35.5. The van der Waals surface area contributed by atoms with E-state index >= 15 is 0 Å². The van der Waals surface area contributed by atoms with Crippen LogP contribution in [0.4, 0.5) is 11.4 Å². The molecule has 27 heavy (non-hydrogen) atoms. The highest BCUT2D eigenvalue weighted by Crippen LogP contribution is 2.45. The third-order valence-electron chi connectivity index (χ3n) is 5.10. The first-order chi connectivity index (χ1) is 13.0. The number of nitrogens with one attached hydrogen (secondary N) is 2. The van der Waals surface area contributed by atoms with Crippen molar-refractivity contribution < 1.29 is 14.3 Å². The fourth-order valence-electron chi connectivity index (χ4n) is 3.83. The second-order valence-electron chi connectivity index (χ2n) is 6.83. The van der Waals surface area contributed by atoms with Crippen molar-refractivity contribution in [3.8, 4) is 0 Å². The van der Waals surface area contributed by atoms with E-state index in [-0.39, 0.29) is 17.7 Å². The molecule has 4 rings (SSSR count). The number of thiophene rings is 1. The number of methoxy groups -OCH3 is 1. The highest BCUT2D eigenvalue weighted by molar-refractivity contribution is 7.16. The molecule has 1 aromatic heterocycles. The van der Waals surface area contributed by atoms with Crippen LogP contribution in [0.15, 0.2) is 47.7 Å². The average molecular weight is 403 g/mol. The maximum atomic E-state index is 13.4. The molecule has 5 nitrogen and oxygen atoms in total. The number of halogens is 1. The SMILES string of the molecule is COC(=O)[C@@H]1C(=O)C2=C(C[C@@H]1C)Nc1ccccc1N[C@H]2c1ccc(Cl)s1. The number of anilines is 2. The molecule has 2 aliphatic rings. The number of carbonyl (C=O) groups is 2. The number of allylic oxidation sites excluding steroid dienone is 1. The van der Waals surface area contributed by atoms with Crippen LogP contribution in [-0.2, 0) is 14.3 Å². The number of Topliss-reactive ketones (excluding diaryl/α,β-unsaturated/α-hetero) is 1. The van der Waals surface area contributed by atoms with Gasteiger partial charge in [-0.15, -0.1) is 11.3 Å². The van der Waals surface area contributed by atoms with Gasteiger partial charge in [0.2, 0.25) is 0 Å². The molecule has 0 spiro atoms. The summed E-state index contributed by atoms with van der Waals surface area (Å²) in [5, 5.41) is 6.89. The standard InChI is InChI=1S/C20H19ClN2O3S/c1-10-9-13-17(19(24)16(10)20(25)26-2)18(14-7-8-15(21)27-14)23-12-6-4-3-5-11(12)22-13/h3-8,10,16,18,22-23H,9H2,1-2H3/t10-,16-,18-/m0/s1. The van der Waals surface area contributed by atoms with Crippen LogP contribution in [-0.4, -0.2) is 18.9 Å². The molecular weight excluding hydrogens is 384 g/mol. The van der Waals surface area contributed by atoms with Crippen molar-refractivity contribution in [2.45, 2.75) is 19.4 Å². The van der Waals surface area contributed by atoms with E-state index in [0.717, 1.165) is 21.9 Å². The maximum Gasteiger partial charge on any atom is 0.316 e. The Morgan fingerprint density at radius 2 is 1.96 bits per heavy atom. The van der Waals surface area contributed by atoms with Crippen LogP contribution in [0.2, 0.25) is 4.34 Å². The van der Waals surface area contributed by atoms with E-state index in [1.165, 1.54) is 18.4 Å². The van der Waals surface area contributed by atoms with Gasteiger partial charge >= 0.3 is 5.97 Å². The van der Waals surface area contributed by atoms with Gasteiger partial charge in [0, 0.05) is 16.1 Å². The van der Waals surface area contributed by atoms with Crippen LogP contribution in [0.25, 0.3) is 0 Å². The summed E-state index contributed by atoms with van der Waals surface area (Å²) >= 11 is 7.58. The van der Waals surface area contributed by atoms with Crippen LogP contribution in [0.1, 0.15) is 24.3 Å². The van der Waals surface area contributed by atoms with Crippen molar-refractivity contribution in [2.75, 3.05) is 17.7 Å². The Morgan fingerprint density at radius 1 is 1.22 bits per heavy atom. The molecule has 7 heteroatoms. The van der Waals surface area contributed by atoms with E-state index < -0.39 is 11.9 Å². The Morgan fingerprint density at radius 3 is 2.63 bits per heavy atom. The zero-order valence-corrected chi connectivity index (χ0v) is 16.5.